The van der Waals surface area contributed by atoms with E-state index in [1.165, 1.54) is 11.5 Å². The Kier molecular flexibility index (Phi) is 2.02. The van der Waals surface area contributed by atoms with Crippen LogP contribution in [0, 0.1) is 6.92 Å². The van der Waals surface area contributed by atoms with Gasteiger partial charge in [-0.2, -0.15) is 0 Å². The molecule has 2 nitrogen and oxygen atoms in total. The molecule has 1 aromatic heterocycles. The number of aryl methyl sites for hydroxylation is 1. The first-order chi connectivity index (χ1) is 6.27. The summed E-state index contributed by atoms with van der Waals surface area (Å²) in [5.41, 5.74) is 8.91. The largest absolute Gasteiger partial charge is 0.398 e. The number of hydrogen-bond donors (Lipinski definition) is 1. The molecule has 0 spiro atoms. The van der Waals surface area contributed by atoms with Gasteiger partial charge in [0.15, 0.2) is 0 Å². The first kappa shape index (κ1) is 8.26. The molecule has 66 valence electrons. The highest BCUT2D eigenvalue weighted by Crippen LogP contribution is 2.25. The quantitative estimate of drug-likeness (QED) is 0.702. The number of anilines is 1. The van der Waals surface area contributed by atoms with Gasteiger partial charge >= 0.3 is 0 Å². The van der Waals surface area contributed by atoms with E-state index in [2.05, 4.69) is 10.4 Å². The fraction of sp³-hybridized carbons (Fsp3) is 0.100. The van der Waals surface area contributed by atoms with E-state index in [1.54, 1.807) is 6.20 Å². The van der Waals surface area contributed by atoms with Crippen molar-refractivity contribution in [3.8, 4) is 10.4 Å². The van der Waals surface area contributed by atoms with Crippen LogP contribution in [0.25, 0.3) is 10.4 Å². The number of aromatic nitrogens is 1. The Labute approximate surface area is 81.2 Å². The fourth-order valence-electron chi connectivity index (χ4n) is 1.16. The second kappa shape index (κ2) is 3.18. The zero-order valence-electron chi connectivity index (χ0n) is 7.32. The summed E-state index contributed by atoms with van der Waals surface area (Å²) in [6.07, 6.45) is 1.80. The third kappa shape index (κ3) is 1.55. The zero-order chi connectivity index (χ0) is 9.26. The lowest BCUT2D eigenvalue weighted by Crippen LogP contribution is -1.88. The molecule has 1 heterocycles. The number of nitrogen functional groups attached to an aromatic ring is 1. The van der Waals surface area contributed by atoms with Crippen LogP contribution in [-0.2, 0) is 0 Å². The van der Waals surface area contributed by atoms with E-state index in [4.69, 9.17) is 5.73 Å². The number of benzene rings is 1. The van der Waals surface area contributed by atoms with Crippen molar-refractivity contribution in [1.82, 2.24) is 4.37 Å². The minimum Gasteiger partial charge on any atom is -0.398 e. The molecule has 0 saturated carbocycles. The number of nitrogens with zero attached hydrogens (tertiary/aromatic N) is 1. The van der Waals surface area contributed by atoms with E-state index in [0.29, 0.717) is 0 Å². The van der Waals surface area contributed by atoms with Gasteiger partial charge in [-0.3, -0.25) is 0 Å². The third-order valence-corrected chi connectivity index (χ3v) is 2.80. The summed E-state index contributed by atoms with van der Waals surface area (Å²) < 4.78 is 4.05. The van der Waals surface area contributed by atoms with Crippen LogP contribution in [0.5, 0.6) is 0 Å². The molecule has 0 aliphatic rings. The molecule has 1 aromatic carbocycles. The topological polar surface area (TPSA) is 38.9 Å². The van der Waals surface area contributed by atoms with E-state index in [9.17, 15) is 0 Å². The standard InChI is InChI=1S/C10H10N2S/c1-7-2-3-8(6-9(7)11)10-4-5-12-13-10/h2-6H,11H2,1H3. The van der Waals surface area contributed by atoms with Gasteiger partial charge in [0.2, 0.25) is 0 Å². The predicted octanol–water partition coefficient (Wildman–Crippen LogP) is 2.70. The van der Waals surface area contributed by atoms with Crippen LogP contribution in [0.2, 0.25) is 0 Å². The zero-order valence-corrected chi connectivity index (χ0v) is 8.14. The van der Waals surface area contributed by atoms with Gasteiger partial charge in [0.25, 0.3) is 0 Å². The number of nitrogens with two attached hydrogens (primary N) is 1. The molecular formula is C10H10N2S. The van der Waals surface area contributed by atoms with Crippen molar-refractivity contribution in [3.63, 3.8) is 0 Å². The van der Waals surface area contributed by atoms with Crippen molar-refractivity contribution in [2.24, 2.45) is 0 Å². The first-order valence-corrected chi connectivity index (χ1v) is 4.82. The molecule has 13 heavy (non-hydrogen) atoms. The summed E-state index contributed by atoms with van der Waals surface area (Å²) >= 11 is 1.49. The highest BCUT2D eigenvalue weighted by molar-refractivity contribution is 7.09. The maximum atomic E-state index is 5.81. The van der Waals surface area contributed by atoms with E-state index in [-0.39, 0.29) is 0 Å². The van der Waals surface area contributed by atoms with Gasteiger partial charge in [-0.25, -0.2) is 4.37 Å². The summed E-state index contributed by atoms with van der Waals surface area (Å²) in [6.45, 7) is 2.01. The van der Waals surface area contributed by atoms with E-state index in [1.807, 2.05) is 25.1 Å². The average molecular weight is 190 g/mol. The first-order valence-electron chi connectivity index (χ1n) is 4.04. The molecule has 0 amide bonds. The molecule has 0 unspecified atom stereocenters. The molecule has 0 aliphatic carbocycles. The van der Waals surface area contributed by atoms with E-state index in [0.717, 1.165) is 21.7 Å². The van der Waals surface area contributed by atoms with Crippen molar-refractivity contribution >= 4 is 17.2 Å². The average Bonchev–Trinajstić information content (AvgIpc) is 2.62. The Hall–Kier alpha value is -1.35. The summed E-state index contributed by atoms with van der Waals surface area (Å²) in [4.78, 5) is 1.16. The van der Waals surface area contributed by atoms with Gasteiger partial charge < -0.3 is 5.73 Å². The van der Waals surface area contributed by atoms with Gasteiger partial charge in [-0.05, 0) is 41.7 Å². The van der Waals surface area contributed by atoms with Crippen LogP contribution < -0.4 is 5.73 Å². The molecule has 0 radical (unpaired) electrons. The van der Waals surface area contributed by atoms with Gasteiger partial charge in [0, 0.05) is 11.9 Å². The third-order valence-electron chi connectivity index (χ3n) is 2.00. The predicted molar refractivity (Wildman–Crippen MR) is 56.7 cm³/mol. The molecule has 0 saturated heterocycles. The van der Waals surface area contributed by atoms with Crippen molar-refractivity contribution in [2.45, 2.75) is 6.92 Å². The number of rotatable bonds is 1. The van der Waals surface area contributed by atoms with Crippen molar-refractivity contribution < 1.29 is 0 Å². The minimum atomic E-state index is 0.839. The highest BCUT2D eigenvalue weighted by Gasteiger charge is 2.00. The van der Waals surface area contributed by atoms with Gasteiger partial charge in [0.1, 0.15) is 0 Å². The minimum absolute atomic E-state index is 0.839. The lowest BCUT2D eigenvalue weighted by Gasteiger charge is -2.01. The van der Waals surface area contributed by atoms with Crippen LogP contribution in [-0.4, -0.2) is 4.37 Å². The van der Waals surface area contributed by atoms with E-state index >= 15 is 0 Å². The van der Waals surface area contributed by atoms with Gasteiger partial charge in [0.05, 0.1) is 4.88 Å². The lowest BCUT2D eigenvalue weighted by atomic mass is 10.1. The molecule has 2 aromatic rings. The molecule has 3 heteroatoms. The van der Waals surface area contributed by atoms with Crippen molar-refractivity contribution in [2.75, 3.05) is 5.73 Å². The summed E-state index contributed by atoms with van der Waals surface area (Å²) in [5, 5.41) is 0. The summed E-state index contributed by atoms with van der Waals surface area (Å²) in [5.74, 6) is 0. The van der Waals surface area contributed by atoms with Gasteiger partial charge in [-0.15, -0.1) is 0 Å². The molecule has 0 fully saturated rings. The molecule has 0 aliphatic heterocycles. The van der Waals surface area contributed by atoms with Gasteiger partial charge in [-0.1, -0.05) is 12.1 Å². The lowest BCUT2D eigenvalue weighted by molar-refractivity contribution is 1.47. The molecule has 0 atom stereocenters. The summed E-state index contributed by atoms with van der Waals surface area (Å²) in [7, 11) is 0. The van der Waals surface area contributed by atoms with Crippen LogP contribution >= 0.6 is 11.5 Å². The maximum absolute atomic E-state index is 5.81. The molecule has 2 N–H and O–H groups in total. The molecule has 0 bridgehead atoms. The van der Waals surface area contributed by atoms with Crippen LogP contribution in [0.3, 0.4) is 0 Å². The second-order valence-corrected chi connectivity index (χ2v) is 3.78. The van der Waals surface area contributed by atoms with Crippen LogP contribution in [0.4, 0.5) is 5.69 Å². The fourth-order valence-corrected chi connectivity index (χ4v) is 1.75. The molecule has 2 rings (SSSR count). The monoisotopic (exact) mass is 190 g/mol. The SMILES string of the molecule is Cc1ccc(-c2ccns2)cc1N. The Morgan fingerprint density at radius 3 is 2.77 bits per heavy atom. The van der Waals surface area contributed by atoms with Crippen molar-refractivity contribution in [1.29, 1.82) is 0 Å². The molecular weight excluding hydrogens is 180 g/mol. The van der Waals surface area contributed by atoms with Crippen LogP contribution in [0.1, 0.15) is 5.56 Å². The Balaban J connectivity index is 2.49. The second-order valence-electron chi connectivity index (χ2n) is 2.95. The number of hydrogen-bond acceptors (Lipinski definition) is 3. The highest BCUT2D eigenvalue weighted by atomic mass is 32.1. The van der Waals surface area contributed by atoms with Crippen LogP contribution in [0.15, 0.2) is 30.5 Å². The normalized spacial score (nSPS) is 10.2. The Morgan fingerprint density at radius 2 is 2.15 bits per heavy atom. The summed E-state index contributed by atoms with van der Waals surface area (Å²) in [6, 6.07) is 8.08. The Bertz CT molecular complexity index is 407. The van der Waals surface area contributed by atoms with E-state index < -0.39 is 0 Å². The van der Waals surface area contributed by atoms with Crippen molar-refractivity contribution in [3.05, 3.63) is 36.0 Å². The Morgan fingerprint density at radius 1 is 1.31 bits per heavy atom. The smallest absolute Gasteiger partial charge is 0.0550 e. The maximum Gasteiger partial charge on any atom is 0.0550 e.